The lowest BCUT2D eigenvalue weighted by molar-refractivity contribution is 0.443. The van der Waals surface area contributed by atoms with E-state index in [-0.39, 0.29) is 0 Å². The standard InChI is InChI=1S/C3H3O2/c1-2-5-3-4-1/h1-3H/q+1. The minimum absolute atomic E-state index is 1.25. The SMILES string of the molecule is c1c[o+]co1. The largest absolute Gasteiger partial charge is 0.484 e. The monoisotopic (exact) mass is 71.0 g/mol. The molecule has 2 nitrogen and oxygen atoms in total. The van der Waals surface area contributed by atoms with Gasteiger partial charge in [-0.1, -0.05) is 0 Å². The Labute approximate surface area is 29.0 Å². The summed E-state index contributed by atoms with van der Waals surface area (Å²) < 4.78 is 8.83. The molecular formula is C3H3O2+. The van der Waals surface area contributed by atoms with Gasteiger partial charge in [-0.2, -0.15) is 0 Å². The average Bonchev–Trinajstić information content (AvgIpc) is 1.76. The van der Waals surface area contributed by atoms with Gasteiger partial charge in [-0.05, 0) is 0 Å². The Morgan fingerprint density at radius 2 is 2.60 bits per heavy atom. The summed E-state index contributed by atoms with van der Waals surface area (Å²) in [6.07, 6.45) is 2.92. The summed E-state index contributed by atoms with van der Waals surface area (Å²) in [6.45, 7) is 1.25. The van der Waals surface area contributed by atoms with E-state index >= 15 is 0 Å². The van der Waals surface area contributed by atoms with Crippen LogP contribution in [0.2, 0.25) is 0 Å². The summed E-state index contributed by atoms with van der Waals surface area (Å²) in [5.41, 5.74) is 0. The Morgan fingerprint density at radius 1 is 1.60 bits per heavy atom. The van der Waals surface area contributed by atoms with Crippen molar-refractivity contribution in [1.29, 1.82) is 0 Å². The predicted molar refractivity (Wildman–Crippen MR) is 15.4 cm³/mol. The molecule has 0 atom stereocenters. The van der Waals surface area contributed by atoms with Gasteiger partial charge in [0.1, 0.15) is 0 Å². The topological polar surface area (TPSA) is 24.4 Å². The first-order chi connectivity index (χ1) is 2.50. The minimum atomic E-state index is 1.25. The van der Waals surface area contributed by atoms with Gasteiger partial charge >= 0.3 is 6.46 Å². The van der Waals surface area contributed by atoms with Crippen LogP contribution in [0.5, 0.6) is 0 Å². The molecule has 0 bridgehead atoms. The van der Waals surface area contributed by atoms with Crippen LogP contribution in [-0.2, 0) is 0 Å². The number of hydrogen-bond donors (Lipinski definition) is 0. The fourth-order valence-electron chi connectivity index (χ4n) is 0.160. The van der Waals surface area contributed by atoms with Gasteiger partial charge in [0.05, 0.1) is 0 Å². The van der Waals surface area contributed by atoms with E-state index in [4.69, 9.17) is 0 Å². The van der Waals surface area contributed by atoms with Gasteiger partial charge < -0.3 is 0 Å². The van der Waals surface area contributed by atoms with Crippen LogP contribution in [0.15, 0.2) is 27.8 Å². The molecule has 1 rings (SSSR count). The second kappa shape index (κ2) is 0.885. The van der Waals surface area contributed by atoms with Crippen molar-refractivity contribution < 1.29 is 8.83 Å². The van der Waals surface area contributed by atoms with Gasteiger partial charge in [0.15, 0.2) is 0 Å². The predicted octanol–water partition coefficient (Wildman–Crippen LogP) is 1.15. The van der Waals surface area contributed by atoms with Crippen molar-refractivity contribution in [3.05, 3.63) is 19.0 Å². The molecule has 0 fully saturated rings. The molecule has 0 unspecified atom stereocenters. The summed E-state index contributed by atoms with van der Waals surface area (Å²) in [5, 5.41) is 0. The quantitative estimate of drug-likeness (QED) is 0.428. The molecule has 0 aromatic carbocycles. The highest BCUT2D eigenvalue weighted by Gasteiger charge is 1.76. The Balaban J connectivity index is 3.13. The van der Waals surface area contributed by atoms with Crippen molar-refractivity contribution in [2.75, 3.05) is 0 Å². The first-order valence-corrected chi connectivity index (χ1v) is 1.28. The average molecular weight is 71.1 g/mol. The molecule has 0 amide bonds. The van der Waals surface area contributed by atoms with E-state index in [0.717, 1.165) is 0 Å². The normalized spacial score (nSPS) is 8.00. The first kappa shape index (κ1) is 2.45. The van der Waals surface area contributed by atoms with Gasteiger partial charge in [0.25, 0.3) is 12.5 Å². The molecule has 0 saturated carbocycles. The van der Waals surface area contributed by atoms with Crippen molar-refractivity contribution in [2.45, 2.75) is 0 Å². The van der Waals surface area contributed by atoms with Crippen LogP contribution in [0.4, 0.5) is 0 Å². The van der Waals surface area contributed by atoms with E-state index < -0.39 is 0 Å². The van der Waals surface area contributed by atoms with Crippen LogP contribution >= 0.6 is 0 Å². The zero-order valence-electron chi connectivity index (χ0n) is 2.55. The summed E-state index contributed by atoms with van der Waals surface area (Å²) in [6, 6.07) is 0. The second-order valence-electron chi connectivity index (χ2n) is 0.641. The van der Waals surface area contributed by atoms with Gasteiger partial charge in [-0.15, -0.1) is 0 Å². The van der Waals surface area contributed by atoms with Crippen LogP contribution in [-0.4, -0.2) is 0 Å². The van der Waals surface area contributed by atoms with Crippen molar-refractivity contribution in [2.24, 2.45) is 0 Å². The molecule has 0 aliphatic carbocycles. The smallest absolute Gasteiger partial charge is 0.281 e. The molecule has 2 heteroatoms. The maximum Gasteiger partial charge on any atom is 0.484 e. The molecular weight excluding hydrogens is 68.0 g/mol. The van der Waals surface area contributed by atoms with E-state index in [0.29, 0.717) is 0 Å². The number of hydrogen-bond acceptors (Lipinski definition) is 1. The Morgan fingerprint density at radius 3 is 2.80 bits per heavy atom. The van der Waals surface area contributed by atoms with E-state index in [1.165, 1.54) is 19.0 Å². The molecule has 26 valence electrons. The van der Waals surface area contributed by atoms with Gasteiger partial charge in [0, 0.05) is 0 Å². The Bertz CT molecular complexity index is 61.4. The summed E-state index contributed by atoms with van der Waals surface area (Å²) in [4.78, 5) is 0. The maximum absolute atomic E-state index is 4.42. The lowest BCUT2D eigenvalue weighted by Crippen LogP contribution is -1.16. The molecule has 1 aromatic rings. The lowest BCUT2D eigenvalue weighted by atomic mass is 11.1. The number of rotatable bonds is 0. The highest BCUT2D eigenvalue weighted by atomic mass is 16.5. The third-order valence-electron chi connectivity index (χ3n) is 0.324. The zero-order valence-corrected chi connectivity index (χ0v) is 2.55. The molecule has 0 radical (unpaired) electrons. The highest BCUT2D eigenvalue weighted by Crippen LogP contribution is 1.79. The fraction of sp³-hybridized carbons (Fsp3) is 0. The van der Waals surface area contributed by atoms with Gasteiger partial charge in [0.2, 0.25) is 0 Å². The Kier molecular flexibility index (Phi) is 0.433. The van der Waals surface area contributed by atoms with Crippen molar-refractivity contribution in [3.63, 3.8) is 0 Å². The molecule has 0 saturated heterocycles. The molecule has 1 heterocycles. The summed E-state index contributed by atoms with van der Waals surface area (Å²) in [5.74, 6) is 0. The van der Waals surface area contributed by atoms with Crippen molar-refractivity contribution in [1.82, 2.24) is 0 Å². The fourth-order valence-corrected chi connectivity index (χ4v) is 0.160. The van der Waals surface area contributed by atoms with Gasteiger partial charge in [-0.3, -0.25) is 8.83 Å². The Hall–Kier alpha value is -0.790. The van der Waals surface area contributed by atoms with E-state index in [2.05, 4.69) is 8.83 Å². The van der Waals surface area contributed by atoms with Crippen LogP contribution in [0.3, 0.4) is 0 Å². The van der Waals surface area contributed by atoms with E-state index in [1.54, 1.807) is 0 Å². The molecule has 0 spiro atoms. The van der Waals surface area contributed by atoms with E-state index in [1.807, 2.05) is 0 Å². The van der Waals surface area contributed by atoms with Crippen molar-refractivity contribution >= 4 is 0 Å². The molecule has 0 aliphatic rings. The zero-order chi connectivity index (χ0) is 3.54. The van der Waals surface area contributed by atoms with Crippen LogP contribution in [0.25, 0.3) is 0 Å². The lowest BCUT2D eigenvalue weighted by Gasteiger charge is -1.30. The molecule has 0 aliphatic heterocycles. The highest BCUT2D eigenvalue weighted by molar-refractivity contribution is 4.47. The summed E-state index contributed by atoms with van der Waals surface area (Å²) in [7, 11) is 0. The van der Waals surface area contributed by atoms with Gasteiger partial charge in [-0.25, -0.2) is 0 Å². The van der Waals surface area contributed by atoms with Crippen LogP contribution in [0, 0.1) is 0 Å². The molecule has 1 aromatic heterocycles. The molecule has 0 N–H and O–H groups in total. The third-order valence-corrected chi connectivity index (χ3v) is 0.324. The summed E-state index contributed by atoms with van der Waals surface area (Å²) >= 11 is 0. The van der Waals surface area contributed by atoms with E-state index in [9.17, 15) is 0 Å². The molecule has 5 heavy (non-hydrogen) atoms. The second-order valence-corrected chi connectivity index (χ2v) is 0.641. The van der Waals surface area contributed by atoms with Crippen LogP contribution in [0.1, 0.15) is 0 Å². The van der Waals surface area contributed by atoms with Crippen molar-refractivity contribution in [3.8, 4) is 0 Å². The third kappa shape index (κ3) is 0.265. The van der Waals surface area contributed by atoms with Crippen LogP contribution < -0.4 is 0 Å². The minimum Gasteiger partial charge on any atom is -0.281 e. The maximum atomic E-state index is 4.42. The first-order valence-electron chi connectivity index (χ1n) is 1.28.